The van der Waals surface area contributed by atoms with Gasteiger partial charge in [-0.2, -0.15) is 0 Å². The third kappa shape index (κ3) is 4.13. The van der Waals surface area contributed by atoms with Gasteiger partial charge in [0.15, 0.2) is 10.8 Å². The maximum Gasteiger partial charge on any atom is 0.279 e. The van der Waals surface area contributed by atoms with Gasteiger partial charge < -0.3 is 9.47 Å². The summed E-state index contributed by atoms with van der Waals surface area (Å²) in [5.41, 5.74) is 0.861. The number of halogens is 2. The average molecular weight is 430 g/mol. The minimum Gasteiger partial charge on any atom is -0.494 e. The molecule has 4 rings (SSSR count). The molecule has 0 spiro atoms. The Morgan fingerprint density at radius 1 is 1.17 bits per heavy atom. The van der Waals surface area contributed by atoms with E-state index in [-0.39, 0.29) is 10.7 Å². The van der Waals surface area contributed by atoms with Crippen molar-refractivity contribution in [3.63, 3.8) is 0 Å². The monoisotopic (exact) mass is 429 g/mol. The summed E-state index contributed by atoms with van der Waals surface area (Å²) in [5, 5.41) is 3.31. The van der Waals surface area contributed by atoms with Gasteiger partial charge in [-0.1, -0.05) is 22.9 Å². The van der Waals surface area contributed by atoms with E-state index in [1.807, 2.05) is 0 Å². The first kappa shape index (κ1) is 19.1. The molecule has 6 nitrogen and oxygen atoms in total. The molecule has 146 valence electrons. The van der Waals surface area contributed by atoms with Gasteiger partial charge in [0.05, 0.1) is 22.3 Å². The molecule has 0 aliphatic heterocycles. The maximum atomic E-state index is 13.2. The van der Waals surface area contributed by atoms with Crippen molar-refractivity contribution in [2.24, 2.45) is 0 Å². The fraction of sp³-hybridized carbons (Fsp3) is 0.0500. The number of nitrogens with one attached hydrogen (secondary N) is 1. The van der Waals surface area contributed by atoms with Gasteiger partial charge in [-0.15, -0.1) is 0 Å². The molecule has 2 aromatic carbocycles. The van der Waals surface area contributed by atoms with Crippen LogP contribution in [0.4, 0.5) is 9.52 Å². The number of thiazole rings is 1. The second-order valence-electron chi connectivity index (χ2n) is 5.83. The summed E-state index contributed by atoms with van der Waals surface area (Å²) in [6.45, 7) is 0. The topological polar surface area (TPSA) is 73.3 Å². The molecule has 0 saturated heterocycles. The summed E-state index contributed by atoms with van der Waals surface area (Å²) in [5.74, 6) is 0.367. The highest BCUT2D eigenvalue weighted by molar-refractivity contribution is 7.22. The second-order valence-corrected chi connectivity index (χ2v) is 7.27. The van der Waals surface area contributed by atoms with Crippen molar-refractivity contribution in [3.05, 3.63) is 71.3 Å². The number of rotatable bonds is 5. The molecule has 0 saturated carbocycles. The van der Waals surface area contributed by atoms with E-state index in [2.05, 4.69) is 15.3 Å². The number of anilines is 1. The van der Waals surface area contributed by atoms with Crippen LogP contribution in [0.3, 0.4) is 0 Å². The van der Waals surface area contributed by atoms with Crippen molar-refractivity contribution in [2.45, 2.75) is 0 Å². The van der Waals surface area contributed by atoms with Crippen molar-refractivity contribution < 1.29 is 18.7 Å². The van der Waals surface area contributed by atoms with Crippen LogP contribution in [0.1, 0.15) is 10.5 Å². The minimum atomic E-state index is -0.440. The van der Waals surface area contributed by atoms with Gasteiger partial charge >= 0.3 is 0 Å². The zero-order valence-corrected chi connectivity index (χ0v) is 16.6. The number of methoxy groups -OCH3 is 1. The van der Waals surface area contributed by atoms with Crippen molar-refractivity contribution >= 4 is 44.2 Å². The third-order valence-electron chi connectivity index (χ3n) is 3.91. The average Bonchev–Trinajstić information content (AvgIpc) is 3.11. The molecule has 0 bridgehead atoms. The Balaban J connectivity index is 1.56. The quantitative estimate of drug-likeness (QED) is 0.451. The third-order valence-corrected chi connectivity index (χ3v) is 5.14. The number of carbonyl (C=O) groups is 1. The first-order valence-electron chi connectivity index (χ1n) is 8.37. The van der Waals surface area contributed by atoms with Crippen LogP contribution in [-0.4, -0.2) is 23.0 Å². The zero-order valence-electron chi connectivity index (χ0n) is 15.0. The molecule has 2 aromatic heterocycles. The summed E-state index contributed by atoms with van der Waals surface area (Å²) in [6.07, 6.45) is 1.51. The van der Waals surface area contributed by atoms with Crippen LogP contribution in [-0.2, 0) is 0 Å². The Morgan fingerprint density at radius 3 is 2.83 bits per heavy atom. The molecular formula is C20H13ClFN3O3S. The van der Waals surface area contributed by atoms with Crippen LogP contribution < -0.4 is 14.8 Å². The highest BCUT2D eigenvalue weighted by Gasteiger charge is 2.16. The molecule has 0 radical (unpaired) electrons. The largest absolute Gasteiger partial charge is 0.494 e. The minimum absolute atomic E-state index is 0.171. The van der Waals surface area contributed by atoms with E-state index in [0.29, 0.717) is 27.9 Å². The van der Waals surface area contributed by atoms with Gasteiger partial charge in [0.25, 0.3) is 5.91 Å². The van der Waals surface area contributed by atoms with E-state index in [1.54, 1.807) is 30.3 Å². The van der Waals surface area contributed by atoms with Gasteiger partial charge in [0, 0.05) is 12.3 Å². The Hall–Kier alpha value is -3.23. The number of aromatic nitrogens is 2. The van der Waals surface area contributed by atoms with E-state index in [4.69, 9.17) is 21.1 Å². The predicted molar refractivity (Wildman–Crippen MR) is 110 cm³/mol. The molecule has 9 heteroatoms. The van der Waals surface area contributed by atoms with Gasteiger partial charge in [0.2, 0.25) is 0 Å². The fourth-order valence-electron chi connectivity index (χ4n) is 2.59. The lowest BCUT2D eigenvalue weighted by Gasteiger charge is -2.07. The first-order valence-corrected chi connectivity index (χ1v) is 9.57. The smallest absolute Gasteiger partial charge is 0.279 e. The lowest BCUT2D eigenvalue weighted by atomic mass is 10.3. The zero-order chi connectivity index (χ0) is 20.4. The molecule has 29 heavy (non-hydrogen) atoms. The number of fused-ring (bicyclic) bond motifs is 1. The molecule has 1 N–H and O–H groups in total. The first-order chi connectivity index (χ1) is 14.0. The van der Waals surface area contributed by atoms with E-state index in [0.717, 1.165) is 4.70 Å². The van der Waals surface area contributed by atoms with E-state index in [9.17, 15) is 9.18 Å². The summed E-state index contributed by atoms with van der Waals surface area (Å²) in [7, 11) is 1.47. The summed E-state index contributed by atoms with van der Waals surface area (Å²) in [4.78, 5) is 20.9. The number of pyridine rings is 1. The Morgan fingerprint density at radius 2 is 2.03 bits per heavy atom. The molecule has 0 fully saturated rings. The summed E-state index contributed by atoms with van der Waals surface area (Å²) in [6, 6.07) is 12.5. The molecule has 1 amide bonds. The van der Waals surface area contributed by atoms with Crippen molar-refractivity contribution in [3.8, 4) is 17.2 Å². The van der Waals surface area contributed by atoms with Gasteiger partial charge in [-0.25, -0.2) is 14.4 Å². The molecule has 0 unspecified atom stereocenters. The van der Waals surface area contributed by atoms with E-state index < -0.39 is 11.7 Å². The standard InChI is InChI=1S/C20H13ClFN3O3S/c1-27-16-3-2-8-23-18(16)19(26)25-20-24-14-6-5-12(10-17(14)29-20)28-15-7-4-11(22)9-13(15)21/h2-10H,1H3,(H,24,25,26). The number of hydrogen-bond donors (Lipinski definition) is 1. The van der Waals surface area contributed by atoms with Crippen molar-refractivity contribution in [2.75, 3.05) is 12.4 Å². The van der Waals surface area contributed by atoms with Crippen molar-refractivity contribution in [1.82, 2.24) is 9.97 Å². The van der Waals surface area contributed by atoms with Gasteiger partial charge in [-0.05, 0) is 42.5 Å². The highest BCUT2D eigenvalue weighted by atomic mass is 35.5. The lowest BCUT2D eigenvalue weighted by Crippen LogP contribution is -2.14. The number of carbonyl (C=O) groups excluding carboxylic acids is 1. The van der Waals surface area contributed by atoms with Crippen LogP contribution in [0, 0.1) is 5.82 Å². The molecule has 0 aliphatic rings. The Bertz CT molecular complexity index is 1210. The maximum absolute atomic E-state index is 13.2. The molecular weight excluding hydrogens is 417 g/mol. The van der Waals surface area contributed by atoms with Crippen LogP contribution in [0.2, 0.25) is 5.02 Å². The SMILES string of the molecule is COc1cccnc1C(=O)Nc1nc2ccc(Oc3ccc(F)cc3Cl)cc2s1. The van der Waals surface area contributed by atoms with Gasteiger partial charge in [-0.3, -0.25) is 10.1 Å². The molecule has 2 heterocycles. The number of amides is 1. The molecule has 0 atom stereocenters. The van der Waals surface area contributed by atoms with Crippen LogP contribution in [0.5, 0.6) is 17.2 Å². The van der Waals surface area contributed by atoms with Crippen LogP contribution in [0.15, 0.2) is 54.7 Å². The van der Waals surface area contributed by atoms with Crippen molar-refractivity contribution in [1.29, 1.82) is 0 Å². The molecule has 0 aliphatic carbocycles. The molecule has 4 aromatic rings. The number of benzene rings is 2. The van der Waals surface area contributed by atoms with Crippen LogP contribution >= 0.6 is 22.9 Å². The van der Waals surface area contributed by atoms with Gasteiger partial charge in [0.1, 0.15) is 23.1 Å². The highest BCUT2D eigenvalue weighted by Crippen LogP contribution is 2.34. The van der Waals surface area contributed by atoms with E-state index >= 15 is 0 Å². The fourth-order valence-corrected chi connectivity index (χ4v) is 3.68. The normalized spacial score (nSPS) is 10.7. The number of hydrogen-bond acceptors (Lipinski definition) is 6. The predicted octanol–water partition coefficient (Wildman–Crippen LogP) is 5.54. The second kappa shape index (κ2) is 8.02. The number of nitrogens with zero attached hydrogens (tertiary/aromatic N) is 2. The Labute approximate surface area is 173 Å². The van der Waals surface area contributed by atoms with E-state index in [1.165, 1.54) is 42.8 Å². The summed E-state index contributed by atoms with van der Waals surface area (Å²) < 4.78 is 24.9. The van der Waals surface area contributed by atoms with Crippen LogP contribution in [0.25, 0.3) is 10.2 Å². The number of ether oxygens (including phenoxy) is 2. The summed E-state index contributed by atoms with van der Waals surface area (Å²) >= 11 is 7.28. The Kier molecular flexibility index (Phi) is 5.28. The lowest BCUT2D eigenvalue weighted by molar-refractivity contribution is 0.101.